The Morgan fingerprint density at radius 3 is 2.71 bits per heavy atom. The lowest BCUT2D eigenvalue weighted by molar-refractivity contribution is 0.951. The third kappa shape index (κ3) is 2.07. The van der Waals surface area contributed by atoms with Crippen LogP contribution in [0.5, 0.6) is 0 Å². The number of nitrogens with zero attached hydrogens (tertiary/aromatic N) is 4. The summed E-state index contributed by atoms with van der Waals surface area (Å²) in [4.78, 5) is 4.48. The highest BCUT2D eigenvalue weighted by molar-refractivity contribution is 5.79. The lowest BCUT2D eigenvalue weighted by atomic mass is 10.1. The van der Waals surface area contributed by atoms with Crippen LogP contribution in [-0.2, 0) is 6.42 Å². The summed E-state index contributed by atoms with van der Waals surface area (Å²) in [6, 6.07) is 17.0. The summed E-state index contributed by atoms with van der Waals surface area (Å²) >= 11 is 0. The van der Waals surface area contributed by atoms with Gasteiger partial charge in [-0.15, -0.1) is 0 Å². The first-order valence-corrected chi connectivity index (χ1v) is 6.38. The predicted molar refractivity (Wildman–Crippen MR) is 79.5 cm³/mol. The lowest BCUT2D eigenvalue weighted by Crippen LogP contribution is -2.03. The second-order valence-electron chi connectivity index (χ2n) is 4.58. The molecule has 2 N–H and O–H groups in total. The number of para-hydroxylation sites is 2. The molecule has 100 valence electrons. The van der Waals surface area contributed by atoms with E-state index in [0.29, 0.717) is 22.8 Å². The first-order chi connectivity index (χ1) is 10.2. The van der Waals surface area contributed by atoms with Crippen molar-refractivity contribution in [2.45, 2.75) is 6.42 Å². The van der Waals surface area contributed by atoms with E-state index in [0.717, 1.165) is 11.0 Å². The van der Waals surface area contributed by atoms with Gasteiger partial charge >= 0.3 is 0 Å². The van der Waals surface area contributed by atoms with E-state index in [9.17, 15) is 5.26 Å². The molecule has 0 bridgehead atoms. The van der Waals surface area contributed by atoms with E-state index in [-0.39, 0.29) is 6.42 Å². The maximum Gasteiger partial charge on any atom is 0.128 e. The van der Waals surface area contributed by atoms with Crippen LogP contribution in [0.15, 0.2) is 42.5 Å². The van der Waals surface area contributed by atoms with Crippen molar-refractivity contribution in [2.24, 2.45) is 0 Å². The highest BCUT2D eigenvalue weighted by Gasteiger charge is 2.14. The van der Waals surface area contributed by atoms with E-state index in [2.05, 4.69) is 17.1 Å². The number of nitrogen functional groups attached to an aromatic ring is 1. The highest BCUT2D eigenvalue weighted by Crippen LogP contribution is 2.25. The average molecular weight is 273 g/mol. The number of hydrogen-bond donors (Lipinski definition) is 1. The van der Waals surface area contributed by atoms with Crippen LogP contribution in [0.4, 0.5) is 5.69 Å². The molecule has 0 aliphatic heterocycles. The molecule has 0 unspecified atom stereocenters. The highest BCUT2D eigenvalue weighted by atomic mass is 15.1. The normalized spacial score (nSPS) is 10.2. The molecule has 21 heavy (non-hydrogen) atoms. The van der Waals surface area contributed by atoms with E-state index < -0.39 is 0 Å². The monoisotopic (exact) mass is 273 g/mol. The second kappa shape index (κ2) is 4.99. The molecule has 0 aliphatic rings. The molecule has 1 aromatic heterocycles. The molecule has 0 aliphatic carbocycles. The molecular weight excluding hydrogens is 262 g/mol. The van der Waals surface area contributed by atoms with E-state index in [1.807, 2.05) is 28.8 Å². The van der Waals surface area contributed by atoms with Gasteiger partial charge in [-0.25, -0.2) is 4.98 Å². The first-order valence-electron chi connectivity index (χ1n) is 6.38. The number of anilines is 1. The van der Waals surface area contributed by atoms with Crippen molar-refractivity contribution >= 4 is 16.7 Å². The lowest BCUT2D eigenvalue weighted by Gasteiger charge is -2.10. The van der Waals surface area contributed by atoms with Gasteiger partial charge in [-0.1, -0.05) is 12.1 Å². The van der Waals surface area contributed by atoms with Gasteiger partial charge in [-0.05, 0) is 30.3 Å². The van der Waals surface area contributed by atoms with E-state index in [1.165, 1.54) is 0 Å². The van der Waals surface area contributed by atoms with Gasteiger partial charge in [0.15, 0.2) is 0 Å². The van der Waals surface area contributed by atoms with Gasteiger partial charge < -0.3 is 5.73 Å². The standard InChI is InChI=1S/C16H11N5/c17-8-7-16-20-13-3-1-2-4-15(13)21(16)14-6-5-12(19)9-11(14)10-18/h1-6,9H,7,19H2. The van der Waals surface area contributed by atoms with Crippen molar-refractivity contribution in [3.63, 3.8) is 0 Å². The fraction of sp³-hybridized carbons (Fsp3) is 0.0625. The van der Waals surface area contributed by atoms with Crippen molar-refractivity contribution in [1.29, 1.82) is 10.5 Å². The van der Waals surface area contributed by atoms with Gasteiger partial charge in [0.05, 0.1) is 34.8 Å². The molecule has 0 amide bonds. The van der Waals surface area contributed by atoms with Gasteiger partial charge in [-0.2, -0.15) is 10.5 Å². The van der Waals surface area contributed by atoms with Gasteiger partial charge in [0, 0.05) is 5.69 Å². The number of hydrogen-bond acceptors (Lipinski definition) is 4. The molecule has 1 heterocycles. The molecule has 0 atom stereocenters. The van der Waals surface area contributed by atoms with Crippen LogP contribution < -0.4 is 5.73 Å². The van der Waals surface area contributed by atoms with Crippen LogP contribution in [0.3, 0.4) is 0 Å². The fourth-order valence-electron chi connectivity index (χ4n) is 2.37. The zero-order valence-electron chi connectivity index (χ0n) is 11.1. The van der Waals surface area contributed by atoms with Gasteiger partial charge in [-0.3, -0.25) is 4.57 Å². The Morgan fingerprint density at radius 2 is 1.95 bits per heavy atom. The molecule has 5 heteroatoms. The summed E-state index contributed by atoms with van der Waals surface area (Å²) in [6.07, 6.45) is 0.171. The van der Waals surface area contributed by atoms with Crippen molar-refractivity contribution < 1.29 is 0 Å². The van der Waals surface area contributed by atoms with Crippen molar-refractivity contribution in [3.8, 4) is 17.8 Å². The van der Waals surface area contributed by atoms with Crippen molar-refractivity contribution in [1.82, 2.24) is 9.55 Å². The second-order valence-corrected chi connectivity index (χ2v) is 4.58. The van der Waals surface area contributed by atoms with Crippen LogP contribution in [0.1, 0.15) is 11.4 Å². The van der Waals surface area contributed by atoms with Gasteiger partial charge in [0.2, 0.25) is 0 Å². The predicted octanol–water partition coefficient (Wildman–Crippen LogP) is 2.55. The molecule has 0 saturated carbocycles. The molecule has 3 aromatic rings. The number of rotatable bonds is 2. The molecule has 5 nitrogen and oxygen atoms in total. The van der Waals surface area contributed by atoms with Gasteiger partial charge in [0.25, 0.3) is 0 Å². The quantitative estimate of drug-likeness (QED) is 0.726. The minimum atomic E-state index is 0.171. The van der Waals surface area contributed by atoms with Crippen molar-refractivity contribution in [3.05, 3.63) is 53.9 Å². The third-order valence-corrected chi connectivity index (χ3v) is 3.25. The Labute approximate surface area is 121 Å². The number of benzene rings is 2. The number of nitrogens with two attached hydrogens (primary N) is 1. The van der Waals surface area contributed by atoms with E-state index in [1.54, 1.807) is 18.2 Å². The Morgan fingerprint density at radius 1 is 1.14 bits per heavy atom. The third-order valence-electron chi connectivity index (χ3n) is 3.25. The smallest absolute Gasteiger partial charge is 0.128 e. The zero-order valence-corrected chi connectivity index (χ0v) is 11.1. The summed E-state index contributed by atoms with van der Waals surface area (Å²) in [5.74, 6) is 0.611. The van der Waals surface area contributed by atoms with Crippen LogP contribution in [0, 0.1) is 22.7 Å². The maximum absolute atomic E-state index is 9.33. The minimum Gasteiger partial charge on any atom is -0.399 e. The number of aromatic nitrogens is 2. The van der Waals surface area contributed by atoms with Gasteiger partial charge in [0.1, 0.15) is 11.9 Å². The summed E-state index contributed by atoms with van der Waals surface area (Å²) < 4.78 is 1.84. The van der Waals surface area contributed by atoms with Crippen LogP contribution in [0.25, 0.3) is 16.7 Å². The first kappa shape index (κ1) is 12.7. The number of imidazole rings is 1. The Kier molecular flexibility index (Phi) is 3.02. The molecular formula is C16H11N5. The van der Waals surface area contributed by atoms with Crippen LogP contribution in [-0.4, -0.2) is 9.55 Å². The summed E-state index contributed by atoms with van der Waals surface area (Å²) in [7, 11) is 0. The Bertz CT molecular complexity index is 909. The molecule has 0 saturated heterocycles. The Balaban J connectivity index is 2.37. The molecule has 3 rings (SSSR count). The number of fused-ring (bicyclic) bond motifs is 1. The van der Waals surface area contributed by atoms with E-state index in [4.69, 9.17) is 11.0 Å². The zero-order chi connectivity index (χ0) is 14.8. The Hall–Kier alpha value is -3.31. The summed E-state index contributed by atoms with van der Waals surface area (Å²) in [5.41, 5.74) is 9.07. The van der Waals surface area contributed by atoms with Crippen LogP contribution >= 0.6 is 0 Å². The van der Waals surface area contributed by atoms with Crippen molar-refractivity contribution in [2.75, 3.05) is 5.73 Å². The fourth-order valence-corrected chi connectivity index (χ4v) is 2.37. The van der Waals surface area contributed by atoms with E-state index >= 15 is 0 Å². The summed E-state index contributed by atoms with van der Waals surface area (Å²) in [5, 5.41) is 18.3. The largest absolute Gasteiger partial charge is 0.399 e. The summed E-state index contributed by atoms with van der Waals surface area (Å²) in [6.45, 7) is 0. The molecule has 0 fully saturated rings. The SMILES string of the molecule is N#CCc1nc2ccccc2n1-c1ccc(N)cc1C#N. The molecule has 0 radical (unpaired) electrons. The molecule has 0 spiro atoms. The maximum atomic E-state index is 9.33. The molecule has 2 aromatic carbocycles. The van der Waals surface area contributed by atoms with Crippen LogP contribution in [0.2, 0.25) is 0 Å². The average Bonchev–Trinajstić information content (AvgIpc) is 2.85. The minimum absolute atomic E-state index is 0.171. The topological polar surface area (TPSA) is 91.4 Å². The number of nitriles is 2.